The van der Waals surface area contributed by atoms with Gasteiger partial charge in [-0.25, -0.2) is 4.99 Å². The van der Waals surface area contributed by atoms with E-state index in [2.05, 4.69) is 31.8 Å². The number of benzene rings is 2. The Labute approximate surface area is 148 Å². The molecule has 0 bridgehead atoms. The molecule has 0 atom stereocenters. The van der Waals surface area contributed by atoms with E-state index in [4.69, 9.17) is 15.2 Å². The van der Waals surface area contributed by atoms with Gasteiger partial charge in [-0.3, -0.25) is 0 Å². The highest BCUT2D eigenvalue weighted by molar-refractivity contribution is 8.13. The number of aliphatic imine (C=N–C) groups is 1. The smallest absolute Gasteiger partial charge is 0.161 e. The van der Waals surface area contributed by atoms with Gasteiger partial charge in [0.15, 0.2) is 16.7 Å². The van der Waals surface area contributed by atoms with Gasteiger partial charge < -0.3 is 15.2 Å². The molecule has 2 aromatic rings. The number of methoxy groups -OCH3 is 2. The molecule has 0 saturated carbocycles. The van der Waals surface area contributed by atoms with E-state index >= 15 is 0 Å². The van der Waals surface area contributed by atoms with E-state index < -0.39 is 0 Å². The molecular weight excluding hydrogens is 320 g/mol. The Hall–Kier alpha value is -2.14. The van der Waals surface area contributed by atoms with Crippen LogP contribution in [0, 0.1) is 20.8 Å². The highest BCUT2D eigenvalue weighted by Crippen LogP contribution is 2.32. The molecule has 0 heterocycles. The van der Waals surface area contributed by atoms with Crippen LogP contribution in [0.2, 0.25) is 0 Å². The Morgan fingerprint density at radius 2 is 1.54 bits per heavy atom. The monoisotopic (exact) mass is 344 g/mol. The van der Waals surface area contributed by atoms with E-state index in [1.807, 2.05) is 24.3 Å². The molecule has 2 aromatic carbocycles. The van der Waals surface area contributed by atoms with Gasteiger partial charge in [-0.15, -0.1) is 0 Å². The summed E-state index contributed by atoms with van der Waals surface area (Å²) < 4.78 is 10.7. The highest BCUT2D eigenvalue weighted by Gasteiger charge is 2.09. The summed E-state index contributed by atoms with van der Waals surface area (Å²) >= 11 is 1.51. The Bertz CT molecular complexity index is 737. The van der Waals surface area contributed by atoms with Crippen LogP contribution in [0.4, 0.5) is 5.69 Å². The normalized spacial score (nSPS) is 11.5. The van der Waals surface area contributed by atoms with Crippen molar-refractivity contribution in [2.45, 2.75) is 26.5 Å². The maximum Gasteiger partial charge on any atom is 0.161 e. The molecule has 0 unspecified atom stereocenters. The molecule has 0 aliphatic carbocycles. The van der Waals surface area contributed by atoms with Gasteiger partial charge in [0.25, 0.3) is 0 Å². The number of hydrogen-bond acceptors (Lipinski definition) is 4. The third-order valence-corrected chi connectivity index (χ3v) is 4.51. The van der Waals surface area contributed by atoms with Crippen molar-refractivity contribution < 1.29 is 9.47 Å². The standard InChI is InChI=1S/C19H24N2O2S/c1-12-6-13(2)8-16(7-12)21-19(20)24-11-15-10-18(23-5)17(22-4)9-14(15)3/h6-10H,11H2,1-5H3,(H2,20,21). The average Bonchev–Trinajstić information content (AvgIpc) is 2.52. The van der Waals surface area contributed by atoms with Crippen LogP contribution in [-0.4, -0.2) is 19.4 Å². The number of nitrogens with zero attached hydrogens (tertiary/aromatic N) is 1. The number of rotatable bonds is 5. The van der Waals surface area contributed by atoms with Crippen LogP contribution in [0.3, 0.4) is 0 Å². The van der Waals surface area contributed by atoms with Crippen LogP contribution in [-0.2, 0) is 5.75 Å². The van der Waals surface area contributed by atoms with Crippen molar-refractivity contribution >= 4 is 22.6 Å². The second-order valence-corrected chi connectivity index (χ2v) is 6.71. The fourth-order valence-electron chi connectivity index (χ4n) is 2.50. The van der Waals surface area contributed by atoms with Crippen molar-refractivity contribution in [1.82, 2.24) is 0 Å². The van der Waals surface area contributed by atoms with Crippen molar-refractivity contribution in [3.63, 3.8) is 0 Å². The molecular formula is C19H24N2O2S. The predicted molar refractivity (Wildman–Crippen MR) is 103 cm³/mol. The molecule has 128 valence electrons. The molecule has 0 aliphatic rings. The second-order valence-electron chi connectivity index (χ2n) is 5.72. The van der Waals surface area contributed by atoms with Crippen LogP contribution in [0.5, 0.6) is 11.5 Å². The Balaban J connectivity index is 2.13. The van der Waals surface area contributed by atoms with Crippen LogP contribution in [0.25, 0.3) is 0 Å². The number of nitrogens with two attached hydrogens (primary N) is 1. The number of hydrogen-bond donors (Lipinski definition) is 1. The first-order valence-electron chi connectivity index (χ1n) is 7.69. The predicted octanol–water partition coefficient (Wildman–Crippen LogP) is 4.51. The highest BCUT2D eigenvalue weighted by atomic mass is 32.2. The molecule has 24 heavy (non-hydrogen) atoms. The lowest BCUT2D eigenvalue weighted by Crippen LogP contribution is -2.06. The molecule has 0 radical (unpaired) electrons. The summed E-state index contributed by atoms with van der Waals surface area (Å²) in [7, 11) is 3.28. The summed E-state index contributed by atoms with van der Waals surface area (Å²) in [5.41, 5.74) is 11.6. The lowest BCUT2D eigenvalue weighted by atomic mass is 10.1. The Morgan fingerprint density at radius 3 is 2.12 bits per heavy atom. The first kappa shape index (κ1) is 18.2. The van der Waals surface area contributed by atoms with E-state index in [1.54, 1.807) is 14.2 Å². The molecule has 0 aliphatic heterocycles. The molecule has 4 nitrogen and oxygen atoms in total. The van der Waals surface area contributed by atoms with Gasteiger partial charge >= 0.3 is 0 Å². The summed E-state index contributed by atoms with van der Waals surface area (Å²) in [4.78, 5) is 4.50. The zero-order valence-corrected chi connectivity index (χ0v) is 15.7. The van der Waals surface area contributed by atoms with Crippen molar-refractivity contribution in [2.24, 2.45) is 10.7 Å². The largest absolute Gasteiger partial charge is 0.493 e. The lowest BCUT2D eigenvalue weighted by Gasteiger charge is -2.12. The van der Waals surface area contributed by atoms with Gasteiger partial charge in [-0.1, -0.05) is 17.8 Å². The van der Waals surface area contributed by atoms with E-state index in [9.17, 15) is 0 Å². The fourth-order valence-corrected chi connectivity index (χ4v) is 3.29. The van der Waals surface area contributed by atoms with E-state index in [-0.39, 0.29) is 0 Å². The van der Waals surface area contributed by atoms with Crippen molar-refractivity contribution in [3.8, 4) is 11.5 Å². The number of thioether (sulfide) groups is 1. The second kappa shape index (κ2) is 8.11. The van der Waals surface area contributed by atoms with Gasteiger partial charge in [0, 0.05) is 5.75 Å². The summed E-state index contributed by atoms with van der Waals surface area (Å²) in [5, 5.41) is 0.550. The van der Waals surface area contributed by atoms with Crippen LogP contribution >= 0.6 is 11.8 Å². The first-order valence-corrected chi connectivity index (χ1v) is 8.68. The van der Waals surface area contributed by atoms with Crippen molar-refractivity contribution in [2.75, 3.05) is 14.2 Å². The quantitative estimate of drug-likeness (QED) is 0.640. The minimum absolute atomic E-state index is 0.550. The third kappa shape index (κ3) is 4.68. The molecule has 5 heteroatoms. The summed E-state index contributed by atoms with van der Waals surface area (Å²) in [6.07, 6.45) is 0. The third-order valence-electron chi connectivity index (χ3n) is 3.66. The first-order chi connectivity index (χ1) is 11.4. The van der Waals surface area contributed by atoms with Gasteiger partial charge in [-0.2, -0.15) is 0 Å². The minimum atomic E-state index is 0.550. The van der Waals surface area contributed by atoms with E-state index in [0.717, 1.165) is 34.1 Å². The average molecular weight is 344 g/mol. The SMILES string of the molecule is COc1cc(C)c(CSC(N)=Nc2cc(C)cc(C)c2)cc1OC. The van der Waals surface area contributed by atoms with E-state index in [0.29, 0.717) is 5.17 Å². The van der Waals surface area contributed by atoms with Crippen LogP contribution in [0.1, 0.15) is 22.3 Å². The molecule has 0 spiro atoms. The minimum Gasteiger partial charge on any atom is -0.493 e. The van der Waals surface area contributed by atoms with Crippen molar-refractivity contribution in [1.29, 1.82) is 0 Å². The maximum absolute atomic E-state index is 6.09. The molecule has 0 fully saturated rings. The van der Waals surface area contributed by atoms with Crippen LogP contribution < -0.4 is 15.2 Å². The Kier molecular flexibility index (Phi) is 6.15. The van der Waals surface area contributed by atoms with Crippen molar-refractivity contribution in [3.05, 3.63) is 52.6 Å². The summed E-state index contributed by atoms with van der Waals surface area (Å²) in [5.74, 6) is 2.19. The van der Waals surface area contributed by atoms with Crippen LogP contribution in [0.15, 0.2) is 35.3 Å². The number of amidine groups is 1. The van der Waals surface area contributed by atoms with Gasteiger partial charge in [0.1, 0.15) is 0 Å². The van der Waals surface area contributed by atoms with Gasteiger partial charge in [-0.05, 0) is 67.3 Å². The molecule has 0 amide bonds. The summed E-state index contributed by atoms with van der Waals surface area (Å²) in [6.45, 7) is 6.17. The molecule has 2 N–H and O–H groups in total. The number of ether oxygens (including phenoxy) is 2. The maximum atomic E-state index is 6.09. The van der Waals surface area contributed by atoms with E-state index in [1.165, 1.54) is 22.9 Å². The molecule has 0 aromatic heterocycles. The Morgan fingerprint density at radius 1 is 0.958 bits per heavy atom. The topological polar surface area (TPSA) is 56.8 Å². The summed E-state index contributed by atoms with van der Waals surface area (Å²) in [6, 6.07) is 10.1. The lowest BCUT2D eigenvalue weighted by molar-refractivity contribution is 0.354. The van der Waals surface area contributed by atoms with Gasteiger partial charge in [0.05, 0.1) is 19.9 Å². The molecule has 0 saturated heterocycles. The zero-order valence-electron chi connectivity index (χ0n) is 14.8. The van der Waals surface area contributed by atoms with Gasteiger partial charge in [0.2, 0.25) is 0 Å². The number of aryl methyl sites for hydroxylation is 3. The molecule has 2 rings (SSSR count). The fraction of sp³-hybridized carbons (Fsp3) is 0.316. The zero-order chi connectivity index (χ0) is 17.7.